The Morgan fingerprint density at radius 3 is 2.42 bits per heavy atom. The van der Waals surface area contributed by atoms with E-state index in [0.717, 1.165) is 0 Å². The van der Waals surface area contributed by atoms with Gasteiger partial charge in [0.25, 0.3) is 5.91 Å². The number of hydrogen-bond donors (Lipinski definition) is 1. The highest BCUT2D eigenvalue weighted by Gasteiger charge is 2.24. The molecule has 0 spiro atoms. The molecule has 0 unspecified atom stereocenters. The number of nitrogens with one attached hydrogen (secondary N) is 1. The van der Waals surface area contributed by atoms with Crippen molar-refractivity contribution in [3.05, 3.63) is 41.3 Å². The maximum atomic E-state index is 12.7. The number of halogens is 1. The predicted octanol–water partition coefficient (Wildman–Crippen LogP) is 3.61. The fraction of sp³-hybridized carbons (Fsp3) is 0.353. The maximum absolute atomic E-state index is 12.7. The first kappa shape index (κ1) is 20.3. The van der Waals surface area contributed by atoms with Gasteiger partial charge in [0.2, 0.25) is 10.0 Å². The monoisotopic (exact) mass is 400 g/mol. The van der Waals surface area contributed by atoms with Crippen molar-refractivity contribution in [1.29, 1.82) is 0 Å². The molecule has 0 aliphatic carbocycles. The van der Waals surface area contributed by atoms with Gasteiger partial charge in [-0.3, -0.25) is 4.79 Å². The minimum Gasteiger partial charge on any atom is -0.492 e. The average molecular weight is 401 g/mol. The van der Waals surface area contributed by atoms with E-state index in [-0.39, 0.29) is 21.6 Å². The second-order valence-electron chi connectivity index (χ2n) is 5.24. The average Bonchev–Trinajstić information content (AvgIpc) is 3.04. The van der Waals surface area contributed by atoms with E-state index in [1.807, 2.05) is 0 Å². The van der Waals surface area contributed by atoms with Gasteiger partial charge in [0.1, 0.15) is 5.75 Å². The highest BCUT2D eigenvalue weighted by Crippen LogP contribution is 2.30. The fourth-order valence-electron chi connectivity index (χ4n) is 2.38. The number of benzene rings is 1. The lowest BCUT2D eigenvalue weighted by Gasteiger charge is -2.19. The number of anilines is 1. The molecule has 26 heavy (non-hydrogen) atoms. The summed E-state index contributed by atoms with van der Waals surface area (Å²) in [6, 6.07) is 7.22. The topological polar surface area (TPSA) is 88.9 Å². The van der Waals surface area contributed by atoms with Crippen LogP contribution in [0.2, 0.25) is 5.22 Å². The van der Waals surface area contributed by atoms with Gasteiger partial charge in [0.15, 0.2) is 11.0 Å². The van der Waals surface area contributed by atoms with Crippen molar-refractivity contribution in [2.24, 2.45) is 0 Å². The molecule has 0 bridgehead atoms. The maximum Gasteiger partial charge on any atom is 0.291 e. The molecule has 0 saturated heterocycles. The van der Waals surface area contributed by atoms with E-state index < -0.39 is 15.9 Å². The minimum atomic E-state index is -3.67. The minimum absolute atomic E-state index is 0.00875. The van der Waals surface area contributed by atoms with Crippen molar-refractivity contribution in [3.8, 4) is 5.75 Å². The van der Waals surface area contributed by atoms with Gasteiger partial charge in [-0.25, -0.2) is 8.42 Å². The Kier molecular flexibility index (Phi) is 6.69. The molecule has 0 fully saturated rings. The summed E-state index contributed by atoms with van der Waals surface area (Å²) in [4.78, 5) is 12.4. The van der Waals surface area contributed by atoms with Crippen LogP contribution < -0.4 is 10.1 Å². The van der Waals surface area contributed by atoms with Gasteiger partial charge in [-0.2, -0.15) is 4.31 Å². The third kappa shape index (κ3) is 4.38. The van der Waals surface area contributed by atoms with Gasteiger partial charge in [0.05, 0.1) is 17.2 Å². The van der Waals surface area contributed by atoms with E-state index in [4.69, 9.17) is 20.8 Å². The molecule has 1 heterocycles. The van der Waals surface area contributed by atoms with Gasteiger partial charge in [0, 0.05) is 13.1 Å². The van der Waals surface area contributed by atoms with E-state index in [1.54, 1.807) is 20.8 Å². The first-order chi connectivity index (χ1) is 12.3. The zero-order valence-corrected chi connectivity index (χ0v) is 16.4. The lowest BCUT2D eigenvalue weighted by atomic mass is 10.2. The Balaban J connectivity index is 2.41. The number of ether oxygens (including phenoxy) is 1. The summed E-state index contributed by atoms with van der Waals surface area (Å²) in [5.41, 5.74) is 0.234. The summed E-state index contributed by atoms with van der Waals surface area (Å²) >= 11 is 5.68. The Morgan fingerprint density at radius 2 is 1.88 bits per heavy atom. The summed E-state index contributed by atoms with van der Waals surface area (Å²) in [5, 5.41) is 2.69. The highest BCUT2D eigenvalue weighted by molar-refractivity contribution is 7.89. The second kappa shape index (κ2) is 8.57. The normalized spacial score (nSPS) is 11.6. The first-order valence-corrected chi connectivity index (χ1v) is 9.98. The summed E-state index contributed by atoms with van der Waals surface area (Å²) in [7, 11) is -3.67. The SMILES string of the molecule is CCOc1ccc(S(=O)(=O)N(CC)CC)cc1NC(=O)c1ccc(Cl)o1. The fourth-order valence-corrected chi connectivity index (χ4v) is 4.01. The number of furan rings is 1. The second-order valence-corrected chi connectivity index (χ2v) is 7.55. The smallest absolute Gasteiger partial charge is 0.291 e. The Hall–Kier alpha value is -2.03. The Morgan fingerprint density at radius 1 is 1.19 bits per heavy atom. The van der Waals surface area contributed by atoms with E-state index in [0.29, 0.717) is 25.4 Å². The molecule has 2 rings (SSSR count). The van der Waals surface area contributed by atoms with Crippen molar-refractivity contribution in [2.45, 2.75) is 25.7 Å². The third-order valence-corrected chi connectivity index (χ3v) is 5.89. The number of hydrogen-bond acceptors (Lipinski definition) is 5. The molecular formula is C17H21ClN2O5S. The lowest BCUT2D eigenvalue weighted by molar-refractivity contribution is 0.0996. The van der Waals surface area contributed by atoms with Crippen LogP contribution in [0.25, 0.3) is 0 Å². The van der Waals surface area contributed by atoms with Crippen molar-refractivity contribution < 1.29 is 22.4 Å². The molecule has 7 nitrogen and oxygen atoms in total. The molecule has 0 atom stereocenters. The standard InChI is InChI=1S/C17H21ClN2O5S/c1-4-20(5-2)26(22,23)12-7-8-14(24-6-3)13(11-12)19-17(21)15-9-10-16(18)25-15/h7-11H,4-6H2,1-3H3,(H,19,21). The number of carbonyl (C=O) groups excluding carboxylic acids is 1. The molecule has 1 N–H and O–H groups in total. The zero-order valence-electron chi connectivity index (χ0n) is 14.8. The number of sulfonamides is 1. The highest BCUT2D eigenvalue weighted by atomic mass is 35.5. The van der Waals surface area contributed by atoms with Gasteiger partial charge in [-0.1, -0.05) is 13.8 Å². The summed E-state index contributed by atoms with van der Waals surface area (Å²) in [5.74, 6) is -0.193. The molecule has 142 valence electrons. The van der Waals surface area contributed by atoms with E-state index >= 15 is 0 Å². The number of rotatable bonds is 8. The van der Waals surface area contributed by atoms with E-state index in [1.165, 1.54) is 34.6 Å². The van der Waals surface area contributed by atoms with Crippen molar-refractivity contribution >= 4 is 33.2 Å². The quantitative estimate of drug-likeness (QED) is 0.731. The molecule has 1 aromatic heterocycles. The molecule has 2 aromatic rings. The van der Waals surface area contributed by atoms with Gasteiger partial charge >= 0.3 is 0 Å². The van der Waals surface area contributed by atoms with Crippen LogP contribution in [0, 0.1) is 0 Å². The van der Waals surface area contributed by atoms with Crippen LogP contribution in [0.15, 0.2) is 39.6 Å². The number of amides is 1. The number of nitrogens with zero attached hydrogens (tertiary/aromatic N) is 1. The molecule has 1 aromatic carbocycles. The van der Waals surface area contributed by atoms with Crippen LogP contribution in [0.5, 0.6) is 5.75 Å². The van der Waals surface area contributed by atoms with Crippen molar-refractivity contribution in [1.82, 2.24) is 4.31 Å². The molecule has 0 radical (unpaired) electrons. The van der Waals surface area contributed by atoms with Crippen molar-refractivity contribution in [2.75, 3.05) is 25.0 Å². The third-order valence-electron chi connectivity index (χ3n) is 3.64. The Bertz CT molecular complexity index is 875. The molecule has 1 amide bonds. The van der Waals surface area contributed by atoms with Crippen LogP contribution in [0.3, 0.4) is 0 Å². The Labute approximate surface area is 157 Å². The van der Waals surface area contributed by atoms with Crippen molar-refractivity contribution in [3.63, 3.8) is 0 Å². The molecule has 0 aliphatic heterocycles. The van der Waals surface area contributed by atoms with Crippen LogP contribution in [0.1, 0.15) is 31.3 Å². The van der Waals surface area contributed by atoms with Crippen LogP contribution >= 0.6 is 11.6 Å². The van der Waals surface area contributed by atoms with Crippen LogP contribution in [0.4, 0.5) is 5.69 Å². The van der Waals surface area contributed by atoms with E-state index in [2.05, 4.69) is 5.32 Å². The first-order valence-electron chi connectivity index (χ1n) is 8.17. The zero-order chi connectivity index (χ0) is 19.3. The largest absolute Gasteiger partial charge is 0.492 e. The summed E-state index contributed by atoms with van der Waals surface area (Å²) in [6.45, 7) is 6.37. The lowest BCUT2D eigenvalue weighted by Crippen LogP contribution is -2.30. The van der Waals surface area contributed by atoms with Crippen LogP contribution in [-0.4, -0.2) is 38.3 Å². The summed E-state index contributed by atoms with van der Waals surface area (Å²) < 4.78 is 37.3. The molecule has 9 heteroatoms. The molecular weight excluding hydrogens is 380 g/mol. The molecule has 0 saturated carbocycles. The van der Waals surface area contributed by atoms with Gasteiger partial charge in [-0.15, -0.1) is 0 Å². The number of carbonyl (C=O) groups is 1. The molecule has 0 aliphatic rings. The van der Waals surface area contributed by atoms with Crippen LogP contribution in [-0.2, 0) is 10.0 Å². The summed E-state index contributed by atoms with van der Waals surface area (Å²) in [6.07, 6.45) is 0. The van der Waals surface area contributed by atoms with Gasteiger partial charge in [-0.05, 0) is 48.9 Å². The van der Waals surface area contributed by atoms with E-state index in [9.17, 15) is 13.2 Å². The van der Waals surface area contributed by atoms with Gasteiger partial charge < -0.3 is 14.5 Å². The predicted molar refractivity (Wildman–Crippen MR) is 99.4 cm³/mol.